The molecule has 2 aliphatic carbocycles. The van der Waals surface area contributed by atoms with E-state index >= 15 is 0 Å². The van der Waals surface area contributed by atoms with Crippen molar-refractivity contribution in [2.75, 3.05) is 0 Å². The van der Waals surface area contributed by atoms with Crippen LogP contribution in [0.15, 0.2) is 47.3 Å². The molecule has 0 spiro atoms. The summed E-state index contributed by atoms with van der Waals surface area (Å²) in [7, 11) is 0. The summed E-state index contributed by atoms with van der Waals surface area (Å²) in [5.74, 6) is 2.36. The molecular formula is C18H28O2. The maximum Gasteiger partial charge on any atom is 0.0999 e. The Morgan fingerprint density at radius 2 is 1.35 bits per heavy atom. The fourth-order valence-electron chi connectivity index (χ4n) is 1.31. The molecule has 0 heterocycles. The summed E-state index contributed by atoms with van der Waals surface area (Å²) >= 11 is 0. The van der Waals surface area contributed by atoms with Gasteiger partial charge in [-0.15, -0.1) is 0 Å². The SMILES string of the molecule is C1=C(OC2=CCC2)CC1.CCC(C)=COC=C(C)CC. The highest BCUT2D eigenvalue weighted by Crippen LogP contribution is 2.27. The van der Waals surface area contributed by atoms with Crippen LogP contribution in [0.5, 0.6) is 0 Å². The highest BCUT2D eigenvalue weighted by Gasteiger charge is 2.12. The van der Waals surface area contributed by atoms with Crippen LogP contribution in [-0.2, 0) is 9.47 Å². The Bertz CT molecular complexity index is 373. The minimum atomic E-state index is 1.05. The highest BCUT2D eigenvalue weighted by molar-refractivity contribution is 5.13. The van der Waals surface area contributed by atoms with E-state index in [-0.39, 0.29) is 0 Å². The lowest BCUT2D eigenvalue weighted by atomic mass is 10.1. The van der Waals surface area contributed by atoms with Crippen molar-refractivity contribution in [1.29, 1.82) is 0 Å². The molecule has 0 bridgehead atoms. The van der Waals surface area contributed by atoms with Crippen molar-refractivity contribution in [2.45, 2.75) is 66.2 Å². The van der Waals surface area contributed by atoms with Crippen molar-refractivity contribution < 1.29 is 9.47 Å². The molecule has 0 saturated carbocycles. The van der Waals surface area contributed by atoms with Crippen molar-refractivity contribution in [3.63, 3.8) is 0 Å². The largest absolute Gasteiger partial charge is 0.473 e. The molecule has 0 N–H and O–H groups in total. The summed E-state index contributed by atoms with van der Waals surface area (Å²) in [6, 6.07) is 0. The number of hydrogen-bond acceptors (Lipinski definition) is 2. The molecule has 2 aliphatic rings. The minimum Gasteiger partial charge on any atom is -0.473 e. The molecule has 0 amide bonds. The number of allylic oxidation sites excluding steroid dienone is 6. The Kier molecular flexibility index (Phi) is 7.86. The summed E-state index contributed by atoms with van der Waals surface area (Å²) in [5.41, 5.74) is 2.54. The molecule has 0 aromatic carbocycles. The van der Waals surface area contributed by atoms with E-state index in [2.05, 4.69) is 39.8 Å². The molecule has 20 heavy (non-hydrogen) atoms. The van der Waals surface area contributed by atoms with E-state index in [0.717, 1.165) is 25.7 Å². The van der Waals surface area contributed by atoms with Gasteiger partial charge < -0.3 is 9.47 Å². The van der Waals surface area contributed by atoms with Crippen LogP contribution in [0.1, 0.15) is 66.2 Å². The summed E-state index contributed by atoms with van der Waals surface area (Å²) in [6.45, 7) is 8.36. The van der Waals surface area contributed by atoms with Crippen molar-refractivity contribution in [1.82, 2.24) is 0 Å². The van der Waals surface area contributed by atoms with Crippen LogP contribution in [0.25, 0.3) is 0 Å². The molecule has 0 aliphatic heterocycles. The van der Waals surface area contributed by atoms with E-state index in [0.29, 0.717) is 0 Å². The Morgan fingerprint density at radius 3 is 1.60 bits per heavy atom. The van der Waals surface area contributed by atoms with Gasteiger partial charge in [-0.25, -0.2) is 0 Å². The van der Waals surface area contributed by atoms with Gasteiger partial charge in [0.1, 0.15) is 0 Å². The molecule has 112 valence electrons. The molecule has 0 fully saturated rings. The van der Waals surface area contributed by atoms with Crippen LogP contribution in [0.4, 0.5) is 0 Å². The third kappa shape index (κ3) is 6.65. The van der Waals surface area contributed by atoms with Gasteiger partial charge in [0, 0.05) is 12.8 Å². The minimum absolute atomic E-state index is 1.05. The second-order valence-electron chi connectivity index (χ2n) is 5.29. The normalized spacial score (nSPS) is 17.8. The van der Waals surface area contributed by atoms with Crippen molar-refractivity contribution in [3.8, 4) is 0 Å². The van der Waals surface area contributed by atoms with E-state index in [1.54, 1.807) is 12.5 Å². The van der Waals surface area contributed by atoms with Gasteiger partial charge in [0.2, 0.25) is 0 Å². The smallest absolute Gasteiger partial charge is 0.0999 e. The van der Waals surface area contributed by atoms with Crippen LogP contribution in [0.2, 0.25) is 0 Å². The first-order valence-electron chi connectivity index (χ1n) is 7.68. The van der Waals surface area contributed by atoms with Gasteiger partial charge in [-0.2, -0.15) is 0 Å². The van der Waals surface area contributed by atoms with Gasteiger partial charge in [-0.1, -0.05) is 13.8 Å². The molecule has 2 rings (SSSR count). The van der Waals surface area contributed by atoms with Gasteiger partial charge in [-0.3, -0.25) is 0 Å². The van der Waals surface area contributed by atoms with Crippen molar-refractivity contribution >= 4 is 0 Å². The fourth-order valence-corrected chi connectivity index (χ4v) is 1.31. The van der Waals surface area contributed by atoms with Crippen LogP contribution in [-0.4, -0.2) is 0 Å². The number of hydrogen-bond donors (Lipinski definition) is 0. The van der Waals surface area contributed by atoms with E-state index in [4.69, 9.17) is 9.47 Å². The summed E-state index contributed by atoms with van der Waals surface area (Å²) in [6.07, 6.45) is 14.7. The lowest BCUT2D eigenvalue weighted by Gasteiger charge is -2.21. The molecule has 0 aromatic rings. The zero-order valence-electron chi connectivity index (χ0n) is 13.4. The lowest BCUT2D eigenvalue weighted by Crippen LogP contribution is -2.03. The molecular weight excluding hydrogens is 248 g/mol. The maximum absolute atomic E-state index is 5.44. The van der Waals surface area contributed by atoms with Gasteiger partial charge in [0.05, 0.1) is 24.0 Å². The number of rotatable bonds is 6. The predicted molar refractivity (Wildman–Crippen MR) is 84.9 cm³/mol. The molecule has 0 aromatic heterocycles. The molecule has 0 unspecified atom stereocenters. The lowest BCUT2D eigenvalue weighted by molar-refractivity contribution is 0.247. The molecule has 2 nitrogen and oxygen atoms in total. The van der Waals surface area contributed by atoms with Crippen LogP contribution >= 0.6 is 0 Å². The number of ether oxygens (including phenoxy) is 2. The third-order valence-corrected chi connectivity index (χ3v) is 3.44. The zero-order valence-corrected chi connectivity index (χ0v) is 13.4. The topological polar surface area (TPSA) is 18.5 Å². The summed E-state index contributed by atoms with van der Waals surface area (Å²) < 4.78 is 10.7. The molecule has 0 radical (unpaired) electrons. The van der Waals surface area contributed by atoms with E-state index in [9.17, 15) is 0 Å². The second-order valence-corrected chi connectivity index (χ2v) is 5.29. The predicted octanol–water partition coefficient (Wildman–Crippen LogP) is 5.99. The maximum atomic E-state index is 5.44. The van der Waals surface area contributed by atoms with Crippen molar-refractivity contribution in [3.05, 3.63) is 47.3 Å². The third-order valence-electron chi connectivity index (χ3n) is 3.44. The van der Waals surface area contributed by atoms with E-state index in [1.807, 2.05) is 0 Å². The van der Waals surface area contributed by atoms with Crippen molar-refractivity contribution in [2.24, 2.45) is 0 Å². The van der Waals surface area contributed by atoms with Gasteiger partial charge in [0.25, 0.3) is 0 Å². The first kappa shape index (κ1) is 16.6. The first-order valence-corrected chi connectivity index (χ1v) is 7.68. The standard InChI is InChI=1S/C10H18O.C8H10O/c1-5-9(3)7-11-8-10(4)6-2;1-3-7(4-1)9-8-5-2-6-8/h7-8H,5-6H2,1-4H3;3,5H,1-2,4,6H2. The van der Waals surface area contributed by atoms with E-state index < -0.39 is 0 Å². The molecule has 0 saturated heterocycles. The average Bonchev–Trinajstić information content (AvgIpc) is 2.35. The second kappa shape index (κ2) is 9.46. The quantitative estimate of drug-likeness (QED) is 0.555. The Hall–Kier alpha value is -1.44. The Balaban J connectivity index is 0.000000202. The monoisotopic (exact) mass is 276 g/mol. The summed E-state index contributed by atoms with van der Waals surface area (Å²) in [5, 5.41) is 0. The zero-order chi connectivity index (χ0) is 14.8. The highest BCUT2D eigenvalue weighted by atomic mass is 16.5. The van der Waals surface area contributed by atoms with Crippen LogP contribution in [0.3, 0.4) is 0 Å². The molecule has 2 heteroatoms. The summed E-state index contributed by atoms with van der Waals surface area (Å²) in [4.78, 5) is 0. The van der Waals surface area contributed by atoms with E-state index in [1.165, 1.54) is 35.5 Å². The first-order chi connectivity index (χ1) is 9.65. The fraction of sp³-hybridized carbons (Fsp3) is 0.556. The van der Waals surface area contributed by atoms with Gasteiger partial charge >= 0.3 is 0 Å². The van der Waals surface area contributed by atoms with Gasteiger partial charge in [0.15, 0.2) is 0 Å². The molecule has 0 atom stereocenters. The average molecular weight is 276 g/mol. The Labute approximate surface area is 123 Å². The Morgan fingerprint density at radius 1 is 0.950 bits per heavy atom. The van der Waals surface area contributed by atoms with Crippen LogP contribution < -0.4 is 0 Å². The van der Waals surface area contributed by atoms with Gasteiger partial charge in [-0.05, 0) is 62.8 Å². The van der Waals surface area contributed by atoms with Crippen LogP contribution in [0, 0.1) is 0 Å².